The molecule has 108 valence electrons. The van der Waals surface area contributed by atoms with Gasteiger partial charge in [0.05, 0.1) is 13.0 Å². The van der Waals surface area contributed by atoms with Gasteiger partial charge in [-0.05, 0) is 25.5 Å². The molecule has 4 heteroatoms. The first-order valence-corrected chi connectivity index (χ1v) is 7.04. The van der Waals surface area contributed by atoms with Crippen molar-refractivity contribution in [3.63, 3.8) is 0 Å². The Morgan fingerprint density at radius 3 is 2.80 bits per heavy atom. The average molecular weight is 274 g/mol. The molecule has 2 aromatic rings. The van der Waals surface area contributed by atoms with E-state index in [9.17, 15) is 4.79 Å². The molecule has 2 rings (SSSR count). The van der Waals surface area contributed by atoms with Crippen molar-refractivity contribution < 1.29 is 9.53 Å². The molecule has 1 N–H and O–H groups in total. The van der Waals surface area contributed by atoms with Gasteiger partial charge in [-0.25, -0.2) is 0 Å². The monoisotopic (exact) mass is 274 g/mol. The van der Waals surface area contributed by atoms with E-state index < -0.39 is 0 Å². The van der Waals surface area contributed by atoms with Gasteiger partial charge in [0.2, 0.25) is 0 Å². The van der Waals surface area contributed by atoms with E-state index in [-0.39, 0.29) is 5.97 Å². The van der Waals surface area contributed by atoms with Crippen LogP contribution in [0.5, 0.6) is 0 Å². The van der Waals surface area contributed by atoms with E-state index in [2.05, 4.69) is 48.1 Å². The number of hydrogen-bond donors (Lipinski definition) is 1. The molecule has 0 saturated carbocycles. The van der Waals surface area contributed by atoms with Crippen LogP contribution in [0.3, 0.4) is 0 Å². The number of esters is 1. The third kappa shape index (κ3) is 3.02. The number of hydrogen-bond acceptors (Lipinski definition) is 3. The van der Waals surface area contributed by atoms with Gasteiger partial charge in [-0.15, -0.1) is 0 Å². The van der Waals surface area contributed by atoms with Gasteiger partial charge in [-0.2, -0.15) is 0 Å². The largest absolute Gasteiger partial charge is 0.466 e. The molecule has 0 aliphatic carbocycles. The fourth-order valence-electron chi connectivity index (χ4n) is 2.52. The number of aromatic nitrogens is 1. The maximum absolute atomic E-state index is 11.3. The molecule has 4 nitrogen and oxygen atoms in total. The fourth-order valence-corrected chi connectivity index (χ4v) is 2.52. The number of ether oxygens (including phenoxy) is 1. The fraction of sp³-hybridized carbons (Fsp3) is 0.438. The summed E-state index contributed by atoms with van der Waals surface area (Å²) in [6.07, 6.45) is 0.414. The third-order valence-corrected chi connectivity index (χ3v) is 3.61. The van der Waals surface area contributed by atoms with Crippen molar-refractivity contribution in [2.75, 3.05) is 13.2 Å². The molecular weight excluding hydrogens is 252 g/mol. The molecule has 0 aliphatic heterocycles. The van der Waals surface area contributed by atoms with E-state index in [1.807, 2.05) is 6.92 Å². The standard InChI is InChI=1S/C16H22N2O2/c1-4-20-16(19)9-10-17-11-15-12(2)13-7-5-6-8-14(13)18(15)3/h5-8,17H,4,9-11H2,1-3H3. The van der Waals surface area contributed by atoms with E-state index in [4.69, 9.17) is 4.74 Å². The smallest absolute Gasteiger partial charge is 0.307 e. The summed E-state index contributed by atoms with van der Waals surface area (Å²) in [5.41, 5.74) is 3.80. The summed E-state index contributed by atoms with van der Waals surface area (Å²) in [7, 11) is 2.08. The summed E-state index contributed by atoms with van der Waals surface area (Å²) in [5, 5.41) is 4.60. The van der Waals surface area contributed by atoms with Crippen LogP contribution >= 0.6 is 0 Å². The predicted octanol–water partition coefficient (Wildman–Crippen LogP) is 2.53. The van der Waals surface area contributed by atoms with Gasteiger partial charge in [0.15, 0.2) is 0 Å². The summed E-state index contributed by atoms with van der Waals surface area (Å²) >= 11 is 0. The number of carbonyl (C=O) groups excluding carboxylic acids is 1. The number of nitrogens with one attached hydrogen (secondary N) is 1. The Hall–Kier alpha value is -1.81. The SMILES string of the molecule is CCOC(=O)CCNCc1c(C)c2ccccc2n1C. The van der Waals surface area contributed by atoms with E-state index in [0.29, 0.717) is 19.6 Å². The molecule has 20 heavy (non-hydrogen) atoms. The van der Waals surface area contributed by atoms with Gasteiger partial charge in [0.1, 0.15) is 0 Å². The van der Waals surface area contributed by atoms with Gasteiger partial charge in [-0.1, -0.05) is 18.2 Å². The number of benzene rings is 1. The van der Waals surface area contributed by atoms with Crippen molar-refractivity contribution in [1.82, 2.24) is 9.88 Å². The molecule has 0 radical (unpaired) electrons. The Morgan fingerprint density at radius 2 is 2.10 bits per heavy atom. The zero-order valence-corrected chi connectivity index (χ0v) is 12.4. The zero-order valence-electron chi connectivity index (χ0n) is 12.4. The number of fused-ring (bicyclic) bond motifs is 1. The van der Waals surface area contributed by atoms with Crippen LogP contribution in [0.25, 0.3) is 10.9 Å². The highest BCUT2D eigenvalue weighted by Crippen LogP contribution is 2.24. The van der Waals surface area contributed by atoms with Crippen LogP contribution in [-0.2, 0) is 23.1 Å². The Labute approximate surface area is 119 Å². The maximum atomic E-state index is 11.3. The summed E-state index contributed by atoms with van der Waals surface area (Å²) in [4.78, 5) is 11.3. The molecule has 1 aromatic carbocycles. The molecule has 0 atom stereocenters. The molecule has 0 aliphatic rings. The second kappa shape index (κ2) is 6.57. The highest BCUT2D eigenvalue weighted by Gasteiger charge is 2.10. The third-order valence-electron chi connectivity index (χ3n) is 3.61. The Balaban J connectivity index is 1.98. The highest BCUT2D eigenvalue weighted by atomic mass is 16.5. The van der Waals surface area contributed by atoms with Crippen LogP contribution in [0.2, 0.25) is 0 Å². The van der Waals surface area contributed by atoms with Crippen LogP contribution < -0.4 is 5.32 Å². The Morgan fingerprint density at radius 1 is 1.35 bits per heavy atom. The minimum atomic E-state index is -0.145. The topological polar surface area (TPSA) is 43.3 Å². The number of carbonyl (C=O) groups is 1. The van der Waals surface area contributed by atoms with E-state index in [1.165, 1.54) is 22.2 Å². The first-order valence-electron chi connectivity index (χ1n) is 7.04. The minimum absolute atomic E-state index is 0.145. The summed E-state index contributed by atoms with van der Waals surface area (Å²) in [6, 6.07) is 8.39. The van der Waals surface area contributed by atoms with E-state index >= 15 is 0 Å². The second-order valence-corrected chi connectivity index (χ2v) is 4.88. The van der Waals surface area contributed by atoms with Crippen LogP contribution in [0.1, 0.15) is 24.6 Å². The van der Waals surface area contributed by atoms with E-state index in [0.717, 1.165) is 6.54 Å². The molecule has 0 fully saturated rings. The van der Waals surface area contributed by atoms with Crippen molar-refractivity contribution >= 4 is 16.9 Å². The van der Waals surface area contributed by atoms with Crippen LogP contribution in [-0.4, -0.2) is 23.7 Å². The van der Waals surface area contributed by atoms with Gasteiger partial charge in [-0.3, -0.25) is 4.79 Å². The molecule has 0 saturated heterocycles. The van der Waals surface area contributed by atoms with E-state index in [1.54, 1.807) is 0 Å². The summed E-state index contributed by atoms with van der Waals surface area (Å²) in [5.74, 6) is -0.145. The van der Waals surface area contributed by atoms with Crippen LogP contribution in [0, 0.1) is 6.92 Å². The van der Waals surface area contributed by atoms with Gasteiger partial charge >= 0.3 is 5.97 Å². The highest BCUT2D eigenvalue weighted by molar-refractivity contribution is 5.85. The predicted molar refractivity (Wildman–Crippen MR) is 80.6 cm³/mol. The lowest BCUT2D eigenvalue weighted by molar-refractivity contribution is -0.142. The van der Waals surface area contributed by atoms with Gasteiger partial charge < -0.3 is 14.6 Å². The van der Waals surface area contributed by atoms with Crippen LogP contribution in [0.15, 0.2) is 24.3 Å². The molecular formula is C16H22N2O2. The van der Waals surface area contributed by atoms with Crippen molar-refractivity contribution in [3.8, 4) is 0 Å². The summed E-state index contributed by atoms with van der Waals surface area (Å²) < 4.78 is 7.12. The molecule has 1 aromatic heterocycles. The number of nitrogens with zero attached hydrogens (tertiary/aromatic N) is 1. The number of aryl methyl sites for hydroxylation is 2. The maximum Gasteiger partial charge on any atom is 0.307 e. The van der Waals surface area contributed by atoms with Gasteiger partial charge in [0, 0.05) is 36.7 Å². The summed E-state index contributed by atoms with van der Waals surface area (Å²) in [6.45, 7) is 5.81. The number of para-hydroxylation sites is 1. The molecule has 0 spiro atoms. The molecule has 0 unspecified atom stereocenters. The second-order valence-electron chi connectivity index (χ2n) is 4.88. The minimum Gasteiger partial charge on any atom is -0.466 e. The molecule has 0 amide bonds. The lowest BCUT2D eigenvalue weighted by atomic mass is 10.1. The zero-order chi connectivity index (χ0) is 14.5. The molecule has 1 heterocycles. The van der Waals surface area contributed by atoms with Crippen LogP contribution in [0.4, 0.5) is 0 Å². The first kappa shape index (κ1) is 14.6. The quantitative estimate of drug-likeness (QED) is 0.650. The van der Waals surface area contributed by atoms with Gasteiger partial charge in [0.25, 0.3) is 0 Å². The normalized spacial score (nSPS) is 10.9. The number of rotatable bonds is 6. The lowest BCUT2D eigenvalue weighted by Crippen LogP contribution is -2.20. The van der Waals surface area contributed by atoms with Crippen molar-refractivity contribution in [1.29, 1.82) is 0 Å². The van der Waals surface area contributed by atoms with Crippen molar-refractivity contribution in [2.24, 2.45) is 7.05 Å². The van der Waals surface area contributed by atoms with Crippen molar-refractivity contribution in [2.45, 2.75) is 26.8 Å². The Kier molecular flexibility index (Phi) is 4.79. The average Bonchev–Trinajstić information content (AvgIpc) is 2.69. The Bertz CT molecular complexity index is 563. The lowest BCUT2D eigenvalue weighted by Gasteiger charge is -2.08. The molecule has 0 bridgehead atoms. The first-order chi connectivity index (χ1) is 9.65. The van der Waals surface area contributed by atoms with Crippen molar-refractivity contribution in [3.05, 3.63) is 35.5 Å².